The fourth-order valence-electron chi connectivity index (χ4n) is 18.4. The first-order valence-electron chi connectivity index (χ1n) is 9.75. The second-order valence-electron chi connectivity index (χ2n) is 12.6. The molecule has 4 unspecified atom stereocenters. The topological polar surface area (TPSA) is 0 Å². The predicted molar refractivity (Wildman–Crippen MR) is 103 cm³/mol. The van der Waals surface area contributed by atoms with Crippen molar-refractivity contribution in [3.8, 4) is 0 Å². The van der Waals surface area contributed by atoms with E-state index in [2.05, 4.69) is 60.7 Å². The molecule has 4 heteroatoms. The predicted octanol–water partition coefficient (Wildman–Crippen LogP) is 5.84. The Morgan fingerprint density at radius 2 is 1.00 bits per heavy atom. The standard InChI is InChI=1S/C17H14P.C5H5.ClH.Fe.Pd/c1-3-9-15(10-4-1)18(17-13-7-8-14-17)16-11-5-2-6-12-16;1-2-4-5-3-1;;;/h1-14H;1-5H;1H;;. The third-order valence-corrected chi connectivity index (χ3v) is 66.3. The van der Waals surface area contributed by atoms with Gasteiger partial charge in [-0.2, -0.15) is 0 Å². The summed E-state index contributed by atoms with van der Waals surface area (Å²) in [6.45, 7) is -3.05. The zero-order valence-electron chi connectivity index (χ0n) is 14.0. The van der Waals surface area contributed by atoms with Crippen molar-refractivity contribution in [3.05, 3.63) is 60.7 Å². The minimum absolute atomic E-state index is 0. The summed E-state index contributed by atoms with van der Waals surface area (Å²) < 4.78 is 0.983. The zero-order chi connectivity index (χ0) is 14.8. The van der Waals surface area contributed by atoms with Crippen LogP contribution >= 0.6 is 20.3 Å². The van der Waals surface area contributed by atoms with Crippen LogP contribution in [0.1, 0.15) is 0 Å². The minimum atomic E-state index is -3.05. The van der Waals surface area contributed by atoms with Crippen molar-refractivity contribution in [1.29, 1.82) is 0 Å². The molecule has 138 valence electrons. The first-order chi connectivity index (χ1) is 11.6. The van der Waals surface area contributed by atoms with Crippen molar-refractivity contribution < 1.29 is 26.9 Å². The summed E-state index contributed by atoms with van der Waals surface area (Å²) in [6.07, 6.45) is 0. The molecule has 10 heterocycles. The molecule has 10 saturated heterocycles. The Kier molecular flexibility index (Phi) is 0.825. The summed E-state index contributed by atoms with van der Waals surface area (Å²) >= 11 is 0. The molecule has 0 nitrogen and oxygen atoms in total. The van der Waals surface area contributed by atoms with Gasteiger partial charge in [0.25, 0.3) is 0 Å². The number of benzene rings is 2. The van der Waals surface area contributed by atoms with Crippen LogP contribution in [0.15, 0.2) is 60.7 Å². The maximum atomic E-state index is 2.50. The number of halogens is 1. The van der Waals surface area contributed by atoms with Gasteiger partial charge in [-0.1, -0.05) is 0 Å². The van der Waals surface area contributed by atoms with Gasteiger partial charge in [0.1, 0.15) is 0 Å². The first-order valence-corrected chi connectivity index (χ1v) is 17.4. The Balaban J connectivity index is 0.000000557. The van der Waals surface area contributed by atoms with Crippen LogP contribution < -0.4 is 10.6 Å². The van der Waals surface area contributed by atoms with Crippen molar-refractivity contribution in [1.82, 2.24) is 0 Å². The SMILES string of the molecule is Cl.[Pd].c1ccc(P(c2ccccc2)[C]23[CH]4[CH]5[CH]6[CH]2[Fe]56432789[CH]3[CH]2[CH]7[CH]8[CH]39)cc1. The molecule has 0 aromatic heterocycles. The molecule has 4 atom stereocenters. The summed E-state index contributed by atoms with van der Waals surface area (Å²) in [6, 6.07) is 23.7. The van der Waals surface area contributed by atoms with Crippen LogP contribution in [0.25, 0.3) is 0 Å². The van der Waals surface area contributed by atoms with Gasteiger partial charge >= 0.3 is 133 Å². The number of hydrogen-bond acceptors (Lipinski definition) is 0. The van der Waals surface area contributed by atoms with Crippen molar-refractivity contribution in [3.63, 3.8) is 0 Å². The van der Waals surface area contributed by atoms with Crippen molar-refractivity contribution in [2.75, 3.05) is 0 Å². The van der Waals surface area contributed by atoms with Crippen LogP contribution in [-0.4, -0.2) is 4.05 Å². The van der Waals surface area contributed by atoms with Gasteiger partial charge < -0.3 is 0 Å². The molecule has 0 bridgehead atoms. The third-order valence-electron chi connectivity index (χ3n) is 17.0. The van der Waals surface area contributed by atoms with E-state index in [9.17, 15) is 0 Å². The van der Waals surface area contributed by atoms with Gasteiger partial charge in [0.05, 0.1) is 0 Å². The summed E-state index contributed by atoms with van der Waals surface area (Å²) in [5, 5.41) is 3.48. The van der Waals surface area contributed by atoms with Gasteiger partial charge in [-0.3, -0.25) is 0 Å². The zero-order valence-corrected chi connectivity index (χ0v) is 18.4. The third kappa shape index (κ3) is 0.224. The van der Waals surface area contributed by atoms with E-state index in [1.54, 1.807) is 10.6 Å². The van der Waals surface area contributed by atoms with E-state index in [-0.39, 0.29) is 40.8 Å². The molecule has 10 aliphatic heterocycles. The Hall–Kier alpha value is 0.342. The van der Waals surface area contributed by atoms with E-state index < -0.39 is 6.51 Å². The average Bonchev–Trinajstić information content (AvgIpc) is 3.57. The summed E-state index contributed by atoms with van der Waals surface area (Å²) in [7, 11) is -0.0683. The van der Waals surface area contributed by atoms with Crippen LogP contribution in [0.4, 0.5) is 0 Å². The molecule has 2 aromatic carbocycles. The van der Waals surface area contributed by atoms with Crippen LogP contribution in [0.3, 0.4) is 0 Å². The maximum absolute atomic E-state index is 3.05. The van der Waals surface area contributed by atoms with Crippen LogP contribution in [0.5, 0.6) is 0 Å². The van der Waals surface area contributed by atoms with E-state index in [1.165, 1.54) is 43.3 Å². The Bertz CT molecular complexity index is 1320. The molecular weight excluding hydrogens is 493 g/mol. The van der Waals surface area contributed by atoms with Crippen LogP contribution in [0.2, 0.25) is 43.3 Å². The van der Waals surface area contributed by atoms with E-state index >= 15 is 0 Å². The van der Waals surface area contributed by atoms with Gasteiger partial charge in [0.15, 0.2) is 0 Å². The van der Waals surface area contributed by atoms with Gasteiger partial charge in [0, 0.05) is 20.4 Å². The van der Waals surface area contributed by atoms with Gasteiger partial charge in [0.2, 0.25) is 0 Å². The quantitative estimate of drug-likeness (QED) is 0.358. The fraction of sp³-hybridized carbons (Fsp3) is 0.455. The molecule has 2 aromatic rings. The average molecular weight is 513 g/mol. The molecule has 1 spiro atoms. The summed E-state index contributed by atoms with van der Waals surface area (Å²) in [5.41, 5.74) is 0. The van der Waals surface area contributed by atoms with Gasteiger partial charge in [-0.15, -0.1) is 12.4 Å². The van der Waals surface area contributed by atoms with Crippen LogP contribution in [0, 0.1) is 0 Å². The number of fused-ring (bicyclic) bond motifs is 10. The summed E-state index contributed by atoms with van der Waals surface area (Å²) in [5.74, 6) is 0. The van der Waals surface area contributed by atoms with Gasteiger partial charge in [-0.05, 0) is 0 Å². The van der Waals surface area contributed by atoms with E-state index in [0.717, 1.165) is 4.05 Å². The molecular formula is C22H20ClFePPd. The molecule has 10 aliphatic rings. The monoisotopic (exact) mass is 512 g/mol. The molecule has 0 N–H and O–H groups in total. The molecule has 0 saturated carbocycles. The van der Waals surface area contributed by atoms with Crippen molar-refractivity contribution in [2.45, 2.75) is 47.4 Å². The summed E-state index contributed by atoms with van der Waals surface area (Å²) in [4.78, 5) is 12.9. The van der Waals surface area contributed by atoms with Crippen LogP contribution in [-0.2, 0) is 26.9 Å². The Morgan fingerprint density at radius 1 is 0.615 bits per heavy atom. The number of rotatable bonds is 3. The molecule has 0 amide bonds. The molecule has 10 fully saturated rings. The second kappa shape index (κ2) is 1.58. The number of hydrogen-bond donors (Lipinski definition) is 0. The van der Waals surface area contributed by atoms with Crippen molar-refractivity contribution >= 4 is 30.9 Å². The molecule has 0 aliphatic carbocycles. The van der Waals surface area contributed by atoms with E-state index in [4.69, 9.17) is 0 Å². The first kappa shape index (κ1) is 13.5. The Morgan fingerprint density at radius 3 is 1.27 bits per heavy atom. The molecule has 12 rings (SSSR count). The molecule has 26 heavy (non-hydrogen) atoms. The second-order valence-corrected chi connectivity index (χ2v) is 39.0. The van der Waals surface area contributed by atoms with Gasteiger partial charge in [-0.25, -0.2) is 0 Å². The Labute approximate surface area is 165 Å². The normalized spacial score (nSPS) is 81.0. The van der Waals surface area contributed by atoms with E-state index in [0.29, 0.717) is 0 Å². The van der Waals surface area contributed by atoms with Crippen molar-refractivity contribution in [2.24, 2.45) is 0 Å². The molecule has 0 radical (unpaired) electrons. The van der Waals surface area contributed by atoms with E-state index in [1.807, 2.05) is 0 Å². The fourth-order valence-corrected chi connectivity index (χ4v) is 107.